The molecule has 3 saturated heterocycles. The van der Waals surface area contributed by atoms with Crippen molar-refractivity contribution in [2.75, 3.05) is 44.2 Å². The minimum atomic E-state index is -0.110. The maximum atomic E-state index is 14.1. The number of para-hydroxylation sites is 1. The minimum Gasteiger partial charge on any atom is -0.369 e. The highest BCUT2D eigenvalue weighted by molar-refractivity contribution is 5.76. The van der Waals surface area contributed by atoms with E-state index < -0.39 is 0 Å². The Morgan fingerprint density at radius 3 is 2.46 bits per heavy atom. The Morgan fingerprint density at radius 2 is 1.71 bits per heavy atom. The third kappa shape index (κ3) is 4.68. The number of halogens is 1. The monoisotopic (exact) mass is 387 g/mol. The second-order valence-electron chi connectivity index (χ2n) is 8.80. The second-order valence-corrected chi connectivity index (χ2v) is 8.80. The summed E-state index contributed by atoms with van der Waals surface area (Å²) in [5.74, 6) is 0.916. The van der Waals surface area contributed by atoms with Crippen LogP contribution in [0.5, 0.6) is 0 Å². The summed E-state index contributed by atoms with van der Waals surface area (Å²) in [5.41, 5.74) is 0.748. The van der Waals surface area contributed by atoms with Gasteiger partial charge >= 0.3 is 0 Å². The Balaban J connectivity index is 1.24. The van der Waals surface area contributed by atoms with Crippen LogP contribution in [0.25, 0.3) is 0 Å². The summed E-state index contributed by atoms with van der Waals surface area (Å²) in [4.78, 5) is 19.3. The van der Waals surface area contributed by atoms with E-state index in [1.165, 1.54) is 32.2 Å². The second kappa shape index (κ2) is 9.25. The SMILES string of the molecule is O=C(CC[C@H]1CCCN(C2CCN(c3ccccc3F)CC2)C1)N1CCCC1. The fraction of sp³-hybridized carbons (Fsp3) is 0.696. The van der Waals surface area contributed by atoms with Gasteiger partial charge in [-0.3, -0.25) is 9.69 Å². The molecular weight excluding hydrogens is 353 g/mol. The molecule has 0 radical (unpaired) electrons. The fourth-order valence-corrected chi connectivity index (χ4v) is 5.30. The summed E-state index contributed by atoms with van der Waals surface area (Å²) in [6.45, 7) is 6.12. The van der Waals surface area contributed by atoms with Gasteiger partial charge in [0.05, 0.1) is 5.69 Å². The number of hydrogen-bond acceptors (Lipinski definition) is 3. The molecule has 0 spiro atoms. The quantitative estimate of drug-likeness (QED) is 0.766. The minimum absolute atomic E-state index is 0.110. The molecule has 3 fully saturated rings. The van der Waals surface area contributed by atoms with Crippen molar-refractivity contribution in [3.8, 4) is 0 Å². The summed E-state index contributed by atoms with van der Waals surface area (Å²) < 4.78 is 14.1. The van der Waals surface area contributed by atoms with Gasteiger partial charge < -0.3 is 9.80 Å². The Morgan fingerprint density at radius 1 is 0.964 bits per heavy atom. The van der Waals surface area contributed by atoms with Crippen LogP contribution >= 0.6 is 0 Å². The standard InChI is InChI=1S/C23H34FN3O/c24-21-7-1-2-8-22(21)25-16-11-20(12-17-25)27-15-5-6-19(18-27)9-10-23(28)26-13-3-4-14-26/h1-2,7-8,19-20H,3-6,9-18H2/t19-/m1/s1. The summed E-state index contributed by atoms with van der Waals surface area (Å²) in [6.07, 6.45) is 8.84. The van der Waals surface area contributed by atoms with Crippen molar-refractivity contribution >= 4 is 11.6 Å². The van der Waals surface area contributed by atoms with E-state index in [1.807, 2.05) is 12.1 Å². The lowest BCUT2D eigenvalue weighted by molar-refractivity contribution is -0.130. The fourth-order valence-electron chi connectivity index (χ4n) is 5.30. The lowest BCUT2D eigenvalue weighted by Gasteiger charge is -2.43. The van der Waals surface area contributed by atoms with Crippen LogP contribution in [0.15, 0.2) is 24.3 Å². The van der Waals surface area contributed by atoms with Gasteiger partial charge in [-0.15, -0.1) is 0 Å². The van der Waals surface area contributed by atoms with Gasteiger partial charge in [0.25, 0.3) is 0 Å². The van der Waals surface area contributed by atoms with Crippen LogP contribution in [0.1, 0.15) is 51.4 Å². The number of hydrogen-bond donors (Lipinski definition) is 0. The molecule has 0 saturated carbocycles. The predicted molar refractivity (Wildman–Crippen MR) is 111 cm³/mol. The van der Waals surface area contributed by atoms with Crippen LogP contribution < -0.4 is 4.90 Å². The number of amides is 1. The molecule has 0 unspecified atom stereocenters. The zero-order valence-electron chi connectivity index (χ0n) is 17.0. The first-order valence-corrected chi connectivity index (χ1v) is 11.2. The number of rotatable bonds is 5. The first-order valence-electron chi connectivity index (χ1n) is 11.2. The molecule has 1 aromatic carbocycles. The molecule has 1 amide bonds. The zero-order chi connectivity index (χ0) is 19.3. The van der Waals surface area contributed by atoms with E-state index in [1.54, 1.807) is 12.1 Å². The van der Waals surface area contributed by atoms with E-state index in [-0.39, 0.29) is 5.82 Å². The maximum absolute atomic E-state index is 14.1. The van der Waals surface area contributed by atoms with Crippen molar-refractivity contribution in [2.24, 2.45) is 5.92 Å². The lowest BCUT2D eigenvalue weighted by Crippen LogP contribution is -2.48. The number of likely N-dealkylation sites (tertiary alicyclic amines) is 2. The third-order valence-electron chi connectivity index (χ3n) is 6.95. The first kappa shape index (κ1) is 19.7. The Bertz CT molecular complexity index is 653. The van der Waals surface area contributed by atoms with Crippen molar-refractivity contribution in [3.63, 3.8) is 0 Å². The highest BCUT2D eigenvalue weighted by atomic mass is 19.1. The number of carbonyl (C=O) groups is 1. The largest absolute Gasteiger partial charge is 0.369 e. The average molecular weight is 388 g/mol. The summed E-state index contributed by atoms with van der Waals surface area (Å²) in [6, 6.07) is 7.74. The highest BCUT2D eigenvalue weighted by Crippen LogP contribution is 2.29. The van der Waals surface area contributed by atoms with Gasteiger partial charge in [-0.1, -0.05) is 12.1 Å². The van der Waals surface area contributed by atoms with Crippen molar-refractivity contribution in [3.05, 3.63) is 30.1 Å². The van der Waals surface area contributed by atoms with E-state index in [9.17, 15) is 9.18 Å². The maximum Gasteiger partial charge on any atom is 0.222 e. The molecule has 0 aliphatic carbocycles. The normalized spacial score (nSPS) is 24.7. The Labute approximate surface area is 168 Å². The van der Waals surface area contributed by atoms with Crippen LogP contribution in [0.2, 0.25) is 0 Å². The van der Waals surface area contributed by atoms with Gasteiger partial charge in [0.2, 0.25) is 5.91 Å². The molecule has 1 atom stereocenters. The third-order valence-corrected chi connectivity index (χ3v) is 6.95. The van der Waals surface area contributed by atoms with Gasteiger partial charge in [-0.2, -0.15) is 0 Å². The van der Waals surface area contributed by atoms with E-state index in [0.29, 0.717) is 17.9 Å². The number of nitrogens with zero attached hydrogens (tertiary/aromatic N) is 3. The van der Waals surface area contributed by atoms with E-state index in [0.717, 1.165) is 64.1 Å². The first-order chi connectivity index (χ1) is 13.7. The lowest BCUT2D eigenvalue weighted by atomic mass is 9.90. The molecule has 1 aromatic rings. The van der Waals surface area contributed by atoms with E-state index in [2.05, 4.69) is 14.7 Å². The molecule has 3 aliphatic rings. The molecule has 0 bridgehead atoms. The van der Waals surface area contributed by atoms with E-state index >= 15 is 0 Å². The molecular formula is C23H34FN3O. The predicted octanol–water partition coefficient (Wildman–Crippen LogP) is 3.91. The highest BCUT2D eigenvalue weighted by Gasteiger charge is 2.30. The molecule has 28 heavy (non-hydrogen) atoms. The number of piperidine rings is 2. The topological polar surface area (TPSA) is 26.8 Å². The Kier molecular flexibility index (Phi) is 6.50. The molecule has 4 rings (SSSR count). The molecule has 5 heteroatoms. The zero-order valence-corrected chi connectivity index (χ0v) is 17.0. The van der Waals surface area contributed by atoms with Gasteiger partial charge in [0, 0.05) is 45.2 Å². The average Bonchev–Trinajstić information content (AvgIpc) is 3.28. The van der Waals surface area contributed by atoms with Crippen LogP contribution in [0, 0.1) is 11.7 Å². The number of carbonyl (C=O) groups excluding carboxylic acids is 1. The number of anilines is 1. The van der Waals surface area contributed by atoms with Crippen LogP contribution in [-0.4, -0.2) is 61.0 Å². The van der Waals surface area contributed by atoms with Crippen LogP contribution in [0.4, 0.5) is 10.1 Å². The van der Waals surface area contributed by atoms with Crippen molar-refractivity contribution in [1.29, 1.82) is 0 Å². The van der Waals surface area contributed by atoms with Crippen LogP contribution in [-0.2, 0) is 4.79 Å². The molecule has 3 heterocycles. The Hall–Kier alpha value is -1.62. The summed E-state index contributed by atoms with van der Waals surface area (Å²) in [5, 5.41) is 0. The molecule has 0 N–H and O–H groups in total. The molecule has 3 aliphatic heterocycles. The van der Waals surface area contributed by atoms with E-state index in [4.69, 9.17) is 0 Å². The van der Waals surface area contributed by atoms with Gasteiger partial charge in [0.1, 0.15) is 5.82 Å². The molecule has 0 aromatic heterocycles. The molecule has 154 valence electrons. The summed E-state index contributed by atoms with van der Waals surface area (Å²) >= 11 is 0. The van der Waals surface area contributed by atoms with Crippen molar-refractivity contribution in [1.82, 2.24) is 9.80 Å². The molecule has 4 nitrogen and oxygen atoms in total. The van der Waals surface area contributed by atoms with Gasteiger partial charge in [0.15, 0.2) is 0 Å². The number of benzene rings is 1. The van der Waals surface area contributed by atoms with Crippen molar-refractivity contribution < 1.29 is 9.18 Å². The van der Waals surface area contributed by atoms with Crippen molar-refractivity contribution in [2.45, 2.75) is 57.4 Å². The van der Waals surface area contributed by atoms with Gasteiger partial charge in [-0.05, 0) is 69.5 Å². The van der Waals surface area contributed by atoms with Gasteiger partial charge in [-0.25, -0.2) is 4.39 Å². The smallest absolute Gasteiger partial charge is 0.222 e. The summed E-state index contributed by atoms with van der Waals surface area (Å²) in [7, 11) is 0. The van der Waals surface area contributed by atoms with Crippen LogP contribution in [0.3, 0.4) is 0 Å².